The summed E-state index contributed by atoms with van der Waals surface area (Å²) >= 11 is 0. The fraction of sp³-hybridized carbons (Fsp3) is 0.571. The molecular formula is C14H25ClN2O2S. The fourth-order valence-corrected chi connectivity index (χ4v) is 3.08. The summed E-state index contributed by atoms with van der Waals surface area (Å²) < 4.78 is 26.9. The third-order valence-electron chi connectivity index (χ3n) is 2.97. The molecule has 3 N–H and O–H groups in total. The van der Waals surface area contributed by atoms with Crippen LogP contribution >= 0.6 is 12.4 Å². The average molecular weight is 321 g/mol. The molecule has 1 aromatic carbocycles. The van der Waals surface area contributed by atoms with Gasteiger partial charge in [-0.2, -0.15) is 0 Å². The van der Waals surface area contributed by atoms with Crippen LogP contribution in [0.5, 0.6) is 0 Å². The number of aryl methyl sites for hydroxylation is 2. The molecule has 1 rings (SSSR count). The highest BCUT2D eigenvalue weighted by Gasteiger charge is 2.19. The molecule has 0 aliphatic carbocycles. The fourth-order valence-electron chi connectivity index (χ4n) is 1.81. The third kappa shape index (κ3) is 5.40. The predicted molar refractivity (Wildman–Crippen MR) is 85.9 cm³/mol. The molecule has 116 valence electrons. The van der Waals surface area contributed by atoms with E-state index in [9.17, 15) is 8.42 Å². The van der Waals surface area contributed by atoms with Crippen molar-refractivity contribution in [2.45, 2.75) is 51.0 Å². The summed E-state index contributed by atoms with van der Waals surface area (Å²) in [6.45, 7) is 7.88. The number of nitrogens with one attached hydrogen (secondary N) is 1. The Kier molecular flexibility index (Phi) is 7.18. The zero-order valence-electron chi connectivity index (χ0n) is 12.6. The number of sulfonamides is 1. The van der Waals surface area contributed by atoms with Crippen molar-refractivity contribution in [1.29, 1.82) is 0 Å². The van der Waals surface area contributed by atoms with Crippen LogP contribution in [0.1, 0.15) is 38.8 Å². The first kappa shape index (κ1) is 19.4. The van der Waals surface area contributed by atoms with Gasteiger partial charge >= 0.3 is 0 Å². The number of benzene rings is 1. The largest absolute Gasteiger partial charge is 0.324 e. The summed E-state index contributed by atoms with van der Waals surface area (Å²) in [5.41, 5.74) is 7.51. The number of hydrogen-bond donors (Lipinski definition) is 2. The van der Waals surface area contributed by atoms with Crippen molar-refractivity contribution < 1.29 is 8.42 Å². The predicted octanol–water partition coefficient (Wildman–Crippen LogP) is 2.25. The van der Waals surface area contributed by atoms with Crippen molar-refractivity contribution in [3.05, 3.63) is 29.3 Å². The first-order chi connectivity index (χ1) is 8.69. The zero-order valence-corrected chi connectivity index (χ0v) is 14.2. The maximum atomic E-state index is 12.2. The SMILES string of the molecule is CCc1ccc(S(=O)(=O)NCC(C)(C)N)cc1CC.Cl. The maximum Gasteiger partial charge on any atom is 0.240 e. The number of halogens is 1. The lowest BCUT2D eigenvalue weighted by Crippen LogP contribution is -2.45. The molecule has 0 saturated heterocycles. The normalized spacial score (nSPS) is 12.1. The monoisotopic (exact) mass is 320 g/mol. The molecular weight excluding hydrogens is 296 g/mol. The summed E-state index contributed by atoms with van der Waals surface area (Å²) in [5.74, 6) is 0. The second kappa shape index (κ2) is 7.41. The molecule has 0 aliphatic rings. The van der Waals surface area contributed by atoms with Gasteiger partial charge in [0.15, 0.2) is 0 Å². The van der Waals surface area contributed by atoms with Crippen molar-refractivity contribution >= 4 is 22.4 Å². The molecule has 0 atom stereocenters. The van der Waals surface area contributed by atoms with Gasteiger partial charge < -0.3 is 5.73 Å². The van der Waals surface area contributed by atoms with E-state index in [0.29, 0.717) is 4.90 Å². The Labute approximate surface area is 128 Å². The van der Waals surface area contributed by atoms with Gasteiger partial charge in [0.2, 0.25) is 10.0 Å². The summed E-state index contributed by atoms with van der Waals surface area (Å²) in [4.78, 5) is 0.311. The first-order valence-electron chi connectivity index (χ1n) is 6.60. The van der Waals surface area contributed by atoms with Gasteiger partial charge in [0.1, 0.15) is 0 Å². The smallest absolute Gasteiger partial charge is 0.240 e. The maximum absolute atomic E-state index is 12.2. The van der Waals surface area contributed by atoms with Crippen LogP contribution in [0.4, 0.5) is 0 Å². The lowest BCUT2D eigenvalue weighted by Gasteiger charge is -2.19. The molecule has 6 heteroatoms. The Balaban J connectivity index is 0.00000361. The lowest BCUT2D eigenvalue weighted by atomic mass is 10.0. The highest BCUT2D eigenvalue weighted by atomic mass is 35.5. The van der Waals surface area contributed by atoms with E-state index < -0.39 is 15.6 Å². The molecule has 0 unspecified atom stereocenters. The minimum Gasteiger partial charge on any atom is -0.324 e. The highest BCUT2D eigenvalue weighted by molar-refractivity contribution is 7.89. The molecule has 0 heterocycles. The molecule has 4 nitrogen and oxygen atoms in total. The Morgan fingerprint density at radius 3 is 2.15 bits per heavy atom. The van der Waals surface area contributed by atoms with E-state index in [4.69, 9.17) is 5.73 Å². The summed E-state index contributed by atoms with van der Waals surface area (Å²) in [6, 6.07) is 5.30. The first-order valence-corrected chi connectivity index (χ1v) is 8.08. The second-order valence-electron chi connectivity index (χ2n) is 5.45. The summed E-state index contributed by atoms with van der Waals surface area (Å²) in [6.07, 6.45) is 1.74. The van der Waals surface area contributed by atoms with E-state index in [1.165, 1.54) is 5.56 Å². The standard InChI is InChI=1S/C14H24N2O2S.ClH/c1-5-11-7-8-13(9-12(11)6-2)19(17,18)16-10-14(3,4)15;/h7-9,16H,5-6,10,15H2,1-4H3;1H. The summed E-state index contributed by atoms with van der Waals surface area (Å²) in [7, 11) is -3.48. The van der Waals surface area contributed by atoms with E-state index >= 15 is 0 Å². The van der Waals surface area contributed by atoms with E-state index in [0.717, 1.165) is 18.4 Å². The summed E-state index contributed by atoms with van der Waals surface area (Å²) in [5, 5.41) is 0. The van der Waals surface area contributed by atoms with Crippen LogP contribution in [0.3, 0.4) is 0 Å². The second-order valence-corrected chi connectivity index (χ2v) is 7.22. The number of nitrogens with two attached hydrogens (primary N) is 1. The van der Waals surface area contributed by atoms with Crippen molar-refractivity contribution in [2.75, 3.05) is 6.54 Å². The Morgan fingerprint density at radius 2 is 1.70 bits per heavy atom. The van der Waals surface area contributed by atoms with Crippen molar-refractivity contribution in [1.82, 2.24) is 4.72 Å². The topological polar surface area (TPSA) is 72.2 Å². The van der Waals surface area contributed by atoms with Gasteiger partial charge in [0.25, 0.3) is 0 Å². The molecule has 0 radical (unpaired) electrons. The van der Waals surface area contributed by atoms with Gasteiger partial charge in [-0.1, -0.05) is 19.9 Å². The molecule has 0 bridgehead atoms. The van der Waals surface area contributed by atoms with Gasteiger partial charge in [-0.05, 0) is 49.9 Å². The van der Waals surface area contributed by atoms with Gasteiger partial charge in [0.05, 0.1) is 4.90 Å². The minimum absolute atomic E-state index is 0. The molecule has 0 amide bonds. The quantitative estimate of drug-likeness (QED) is 0.844. The van der Waals surface area contributed by atoms with Gasteiger partial charge in [-0.25, -0.2) is 13.1 Å². The molecule has 20 heavy (non-hydrogen) atoms. The van der Waals surface area contributed by atoms with Crippen LogP contribution in [0.15, 0.2) is 23.1 Å². The molecule has 0 saturated carbocycles. The van der Waals surface area contributed by atoms with Crippen molar-refractivity contribution in [3.63, 3.8) is 0 Å². The molecule has 1 aromatic rings. The zero-order chi connectivity index (χ0) is 14.7. The van der Waals surface area contributed by atoms with Crippen LogP contribution in [0.2, 0.25) is 0 Å². The molecule has 0 fully saturated rings. The van der Waals surface area contributed by atoms with Crippen molar-refractivity contribution in [3.8, 4) is 0 Å². The van der Waals surface area contributed by atoms with E-state index in [1.54, 1.807) is 26.0 Å². The number of hydrogen-bond acceptors (Lipinski definition) is 3. The Morgan fingerprint density at radius 1 is 1.15 bits per heavy atom. The van der Waals surface area contributed by atoms with Crippen LogP contribution in [0.25, 0.3) is 0 Å². The Hall–Kier alpha value is -0.620. The molecule has 0 aliphatic heterocycles. The van der Waals surface area contributed by atoms with Gasteiger partial charge in [-0.3, -0.25) is 0 Å². The molecule has 0 spiro atoms. The van der Waals surface area contributed by atoms with Gasteiger partial charge in [-0.15, -0.1) is 12.4 Å². The third-order valence-corrected chi connectivity index (χ3v) is 4.37. The van der Waals surface area contributed by atoms with Crippen molar-refractivity contribution in [2.24, 2.45) is 5.73 Å². The van der Waals surface area contributed by atoms with E-state index in [2.05, 4.69) is 11.6 Å². The molecule has 0 aromatic heterocycles. The van der Waals surface area contributed by atoms with E-state index in [1.807, 2.05) is 13.0 Å². The average Bonchev–Trinajstić information content (AvgIpc) is 2.35. The minimum atomic E-state index is -3.48. The van der Waals surface area contributed by atoms with E-state index in [-0.39, 0.29) is 19.0 Å². The lowest BCUT2D eigenvalue weighted by molar-refractivity contribution is 0.498. The van der Waals surface area contributed by atoms with Crippen LogP contribution in [-0.4, -0.2) is 20.5 Å². The Bertz CT molecular complexity index is 537. The van der Waals surface area contributed by atoms with Crippen LogP contribution in [0, 0.1) is 0 Å². The highest BCUT2D eigenvalue weighted by Crippen LogP contribution is 2.17. The number of rotatable bonds is 6. The van der Waals surface area contributed by atoms with Crippen LogP contribution < -0.4 is 10.5 Å². The van der Waals surface area contributed by atoms with Crippen LogP contribution in [-0.2, 0) is 22.9 Å². The van der Waals surface area contributed by atoms with Gasteiger partial charge in [0, 0.05) is 12.1 Å².